The maximum Gasteiger partial charge on any atom is 0.257 e. The number of sulfonamides is 1. The number of hydrogen-bond donors (Lipinski definition) is 1. The van der Waals surface area contributed by atoms with Gasteiger partial charge in [-0.05, 0) is 55.3 Å². The third kappa shape index (κ3) is 6.25. The molecule has 0 saturated heterocycles. The molecule has 10 heteroatoms. The molecule has 0 spiro atoms. The Morgan fingerprint density at radius 2 is 1.65 bits per heavy atom. The molecule has 2 aromatic carbocycles. The highest BCUT2D eigenvalue weighted by Gasteiger charge is 2.24. The molecule has 0 aliphatic heterocycles. The Kier molecular flexibility index (Phi) is 8.87. The molecule has 0 aliphatic carbocycles. The first-order valence-electron chi connectivity index (χ1n) is 11.1. The molecule has 0 aliphatic rings. The molecule has 0 saturated carbocycles. The van der Waals surface area contributed by atoms with Gasteiger partial charge in [0.25, 0.3) is 5.91 Å². The van der Waals surface area contributed by atoms with Crippen molar-refractivity contribution in [3.8, 4) is 11.3 Å². The van der Waals surface area contributed by atoms with Crippen molar-refractivity contribution in [2.24, 2.45) is 0 Å². The lowest BCUT2D eigenvalue weighted by atomic mass is 10.2. The maximum absolute atomic E-state index is 13.5. The van der Waals surface area contributed by atoms with Crippen LogP contribution in [0, 0.1) is 11.6 Å². The van der Waals surface area contributed by atoms with Gasteiger partial charge in [-0.2, -0.15) is 4.31 Å². The van der Waals surface area contributed by atoms with Crippen molar-refractivity contribution < 1.29 is 22.0 Å². The Morgan fingerprint density at radius 3 is 2.24 bits per heavy atom. The zero-order valence-corrected chi connectivity index (χ0v) is 20.7. The zero-order valence-electron chi connectivity index (χ0n) is 19.1. The molecule has 1 aromatic heterocycles. The van der Waals surface area contributed by atoms with Gasteiger partial charge in [0.2, 0.25) is 10.0 Å². The largest absolute Gasteiger partial charge is 0.298 e. The highest BCUT2D eigenvalue weighted by molar-refractivity contribution is 7.89. The van der Waals surface area contributed by atoms with E-state index >= 15 is 0 Å². The number of aromatic nitrogens is 1. The van der Waals surface area contributed by atoms with Crippen molar-refractivity contribution in [2.45, 2.75) is 44.4 Å². The number of carbonyl (C=O) groups is 1. The summed E-state index contributed by atoms with van der Waals surface area (Å²) in [6, 6.07) is 9.26. The number of hydrogen-bond acceptors (Lipinski definition) is 5. The average molecular weight is 508 g/mol. The van der Waals surface area contributed by atoms with Gasteiger partial charge in [-0.25, -0.2) is 22.2 Å². The van der Waals surface area contributed by atoms with Crippen molar-refractivity contribution in [2.75, 3.05) is 18.4 Å². The van der Waals surface area contributed by atoms with Crippen LogP contribution >= 0.6 is 11.3 Å². The summed E-state index contributed by atoms with van der Waals surface area (Å²) in [5.41, 5.74) is 1.07. The van der Waals surface area contributed by atoms with Crippen LogP contribution in [0.1, 0.15) is 49.9 Å². The van der Waals surface area contributed by atoms with Gasteiger partial charge in [0.15, 0.2) is 16.8 Å². The predicted molar refractivity (Wildman–Crippen MR) is 130 cm³/mol. The lowest BCUT2D eigenvalue weighted by Gasteiger charge is -2.22. The number of anilines is 1. The monoisotopic (exact) mass is 507 g/mol. The second-order valence-corrected chi connectivity index (χ2v) is 10.6. The molecule has 0 atom stereocenters. The molecule has 0 unspecified atom stereocenters. The van der Waals surface area contributed by atoms with Crippen LogP contribution in [-0.4, -0.2) is 36.7 Å². The van der Waals surface area contributed by atoms with E-state index < -0.39 is 27.6 Å². The molecule has 1 amide bonds. The topological polar surface area (TPSA) is 79.4 Å². The summed E-state index contributed by atoms with van der Waals surface area (Å²) in [7, 11) is -3.65. The third-order valence-electron chi connectivity index (χ3n) is 5.22. The molecule has 182 valence electrons. The van der Waals surface area contributed by atoms with E-state index in [2.05, 4.69) is 10.3 Å². The Bertz CT molecular complexity index is 1220. The zero-order chi connectivity index (χ0) is 24.7. The summed E-state index contributed by atoms with van der Waals surface area (Å²) in [5.74, 6) is -2.38. The second kappa shape index (κ2) is 11.6. The quantitative estimate of drug-likeness (QED) is 0.349. The number of rotatable bonds is 11. The Morgan fingerprint density at radius 1 is 1.00 bits per heavy atom. The Hall–Kier alpha value is -2.69. The van der Waals surface area contributed by atoms with Crippen molar-refractivity contribution in [1.29, 1.82) is 0 Å². The molecule has 1 heterocycles. The molecule has 3 rings (SSSR count). The maximum atomic E-state index is 13.5. The lowest BCUT2D eigenvalue weighted by Crippen LogP contribution is -2.33. The number of benzene rings is 2. The van der Waals surface area contributed by atoms with E-state index in [4.69, 9.17) is 0 Å². The molecular formula is C24H27F2N3O3S2. The molecule has 3 aromatic rings. The van der Waals surface area contributed by atoms with Gasteiger partial charge in [-0.1, -0.05) is 26.7 Å². The Labute approximate surface area is 202 Å². The van der Waals surface area contributed by atoms with Gasteiger partial charge in [-0.3, -0.25) is 10.1 Å². The molecule has 0 fully saturated rings. The first kappa shape index (κ1) is 25.9. The van der Waals surface area contributed by atoms with E-state index in [1.807, 2.05) is 13.8 Å². The Balaban J connectivity index is 1.71. The molecule has 6 nitrogen and oxygen atoms in total. The van der Waals surface area contributed by atoms with Gasteiger partial charge < -0.3 is 0 Å². The van der Waals surface area contributed by atoms with E-state index in [1.165, 1.54) is 34.6 Å². The smallest absolute Gasteiger partial charge is 0.257 e. The van der Waals surface area contributed by atoms with Gasteiger partial charge in [0.05, 0.1) is 10.6 Å². The van der Waals surface area contributed by atoms with Crippen LogP contribution < -0.4 is 5.32 Å². The van der Waals surface area contributed by atoms with Crippen LogP contribution in [0.2, 0.25) is 0 Å². The number of thiazole rings is 1. The minimum Gasteiger partial charge on any atom is -0.298 e. The number of nitrogens with zero attached hydrogens (tertiary/aromatic N) is 2. The van der Waals surface area contributed by atoms with Gasteiger partial charge in [0.1, 0.15) is 0 Å². The van der Waals surface area contributed by atoms with Crippen LogP contribution in [-0.2, 0) is 10.0 Å². The first-order valence-corrected chi connectivity index (χ1v) is 13.4. The summed E-state index contributed by atoms with van der Waals surface area (Å²) in [5, 5.41) is 4.56. The summed E-state index contributed by atoms with van der Waals surface area (Å²) in [4.78, 5) is 17.0. The van der Waals surface area contributed by atoms with E-state index in [0.717, 1.165) is 49.2 Å². The third-order valence-corrected chi connectivity index (χ3v) is 7.89. The van der Waals surface area contributed by atoms with Gasteiger partial charge in [-0.15, -0.1) is 11.3 Å². The lowest BCUT2D eigenvalue weighted by molar-refractivity contribution is 0.102. The van der Waals surface area contributed by atoms with Crippen LogP contribution in [0.15, 0.2) is 52.7 Å². The molecule has 0 bridgehead atoms. The minimum absolute atomic E-state index is 0.145. The number of halogens is 2. The minimum atomic E-state index is -3.65. The molecule has 1 N–H and O–H groups in total. The van der Waals surface area contributed by atoms with Crippen molar-refractivity contribution in [3.05, 3.63) is 65.0 Å². The summed E-state index contributed by atoms with van der Waals surface area (Å²) in [6.45, 7) is 4.96. The van der Waals surface area contributed by atoms with E-state index in [0.29, 0.717) is 24.3 Å². The molecular weight excluding hydrogens is 480 g/mol. The van der Waals surface area contributed by atoms with E-state index in [9.17, 15) is 22.0 Å². The SMILES string of the molecule is CCCCN(CCCC)S(=O)(=O)c1ccc(C(=O)Nc2nc(-c3ccc(F)c(F)c3)cs2)cc1. The second-order valence-electron chi connectivity index (χ2n) is 7.76. The van der Waals surface area contributed by atoms with Crippen molar-refractivity contribution >= 4 is 32.4 Å². The number of amides is 1. The molecule has 0 radical (unpaired) electrons. The van der Waals surface area contributed by atoms with Crippen LogP contribution in [0.3, 0.4) is 0 Å². The predicted octanol–water partition coefficient (Wildman–Crippen LogP) is 5.93. The number of unbranched alkanes of at least 4 members (excludes halogenated alkanes) is 2. The van der Waals surface area contributed by atoms with E-state index in [-0.39, 0.29) is 15.6 Å². The fraction of sp³-hybridized carbons (Fsp3) is 0.333. The standard InChI is InChI=1S/C24H27F2N3O3S2/c1-3-5-13-29(14-6-4-2)34(31,32)19-10-7-17(8-11-19)23(30)28-24-27-22(16-33-24)18-9-12-20(25)21(26)15-18/h7-12,15-16H,3-6,13-14H2,1-2H3,(H,27,28,30). The van der Waals surface area contributed by atoms with Crippen LogP contribution in [0.4, 0.5) is 13.9 Å². The average Bonchev–Trinajstić information content (AvgIpc) is 3.29. The van der Waals surface area contributed by atoms with Gasteiger partial charge >= 0.3 is 0 Å². The van der Waals surface area contributed by atoms with Crippen molar-refractivity contribution in [3.63, 3.8) is 0 Å². The van der Waals surface area contributed by atoms with Crippen LogP contribution in [0.5, 0.6) is 0 Å². The fourth-order valence-electron chi connectivity index (χ4n) is 3.24. The fourth-order valence-corrected chi connectivity index (χ4v) is 5.47. The number of nitrogens with one attached hydrogen (secondary N) is 1. The summed E-state index contributed by atoms with van der Waals surface area (Å²) >= 11 is 1.14. The van der Waals surface area contributed by atoms with Crippen molar-refractivity contribution in [1.82, 2.24) is 9.29 Å². The highest BCUT2D eigenvalue weighted by Crippen LogP contribution is 2.26. The first-order chi connectivity index (χ1) is 16.3. The van der Waals surface area contributed by atoms with E-state index in [1.54, 1.807) is 5.38 Å². The van der Waals surface area contributed by atoms with Gasteiger partial charge in [0, 0.05) is 29.6 Å². The van der Waals surface area contributed by atoms with Crippen LogP contribution in [0.25, 0.3) is 11.3 Å². The highest BCUT2D eigenvalue weighted by atomic mass is 32.2. The summed E-state index contributed by atoms with van der Waals surface area (Å²) in [6.07, 6.45) is 3.35. The molecule has 34 heavy (non-hydrogen) atoms. The number of carbonyl (C=O) groups excluding carboxylic acids is 1. The summed E-state index contributed by atoms with van der Waals surface area (Å²) < 4.78 is 54.3. The normalized spacial score (nSPS) is 11.7.